The van der Waals surface area contributed by atoms with Crippen molar-refractivity contribution in [1.29, 1.82) is 0 Å². The van der Waals surface area contributed by atoms with Crippen LogP contribution in [-0.4, -0.2) is 36.3 Å². The number of carbonyl (C=O) groups excluding carboxylic acids is 1. The van der Waals surface area contributed by atoms with Gasteiger partial charge < -0.3 is 9.88 Å². The Morgan fingerprint density at radius 2 is 1.79 bits per heavy atom. The summed E-state index contributed by atoms with van der Waals surface area (Å²) < 4.78 is 42.6. The lowest BCUT2D eigenvalue weighted by Crippen LogP contribution is -2.41. The normalized spacial score (nSPS) is 16.2. The number of hydrogen-bond acceptors (Lipinski definition) is 3. The standard InChI is InChI=1S/C21H22FN3O3S/c1-24-12-11-16-18(6-4-7-19(16)24)23-21(26)15-9-13-25(14-10-15)29(27,28)20-8-3-2-5-17(20)22/h2-8,11-12,15H,9-10,13-14H2,1H3,(H,23,26). The monoisotopic (exact) mass is 415 g/mol. The number of anilines is 1. The van der Waals surface area contributed by atoms with Gasteiger partial charge in [0.25, 0.3) is 0 Å². The van der Waals surface area contributed by atoms with E-state index in [0.717, 1.165) is 22.7 Å². The summed E-state index contributed by atoms with van der Waals surface area (Å²) in [5.41, 5.74) is 1.77. The van der Waals surface area contributed by atoms with Crippen LogP contribution in [-0.2, 0) is 21.9 Å². The van der Waals surface area contributed by atoms with Crippen molar-refractivity contribution in [2.75, 3.05) is 18.4 Å². The van der Waals surface area contributed by atoms with Crippen LogP contribution in [0.25, 0.3) is 10.9 Å². The van der Waals surface area contributed by atoms with Gasteiger partial charge in [-0.05, 0) is 43.2 Å². The molecule has 0 radical (unpaired) electrons. The van der Waals surface area contributed by atoms with Crippen LogP contribution in [0.1, 0.15) is 12.8 Å². The molecule has 2 heterocycles. The average Bonchev–Trinajstić information content (AvgIpc) is 3.10. The first kappa shape index (κ1) is 19.6. The Bertz CT molecular complexity index is 1160. The van der Waals surface area contributed by atoms with Crippen LogP contribution in [0.4, 0.5) is 10.1 Å². The van der Waals surface area contributed by atoms with E-state index in [-0.39, 0.29) is 29.8 Å². The molecule has 0 atom stereocenters. The van der Waals surface area contributed by atoms with Crippen LogP contribution in [0.3, 0.4) is 0 Å². The van der Waals surface area contributed by atoms with Crippen molar-refractivity contribution >= 4 is 32.5 Å². The first-order chi connectivity index (χ1) is 13.9. The van der Waals surface area contributed by atoms with Crippen molar-refractivity contribution in [2.45, 2.75) is 17.7 Å². The molecule has 0 aliphatic carbocycles. The van der Waals surface area contributed by atoms with Gasteiger partial charge in [0.15, 0.2) is 0 Å². The van der Waals surface area contributed by atoms with Crippen LogP contribution in [0.2, 0.25) is 0 Å². The fourth-order valence-corrected chi connectivity index (χ4v) is 5.33. The van der Waals surface area contributed by atoms with E-state index >= 15 is 0 Å². The summed E-state index contributed by atoms with van der Waals surface area (Å²) in [6, 6.07) is 13.0. The van der Waals surface area contributed by atoms with Crippen LogP contribution in [0, 0.1) is 11.7 Å². The topological polar surface area (TPSA) is 71.4 Å². The van der Waals surface area contributed by atoms with Crippen LogP contribution >= 0.6 is 0 Å². The summed E-state index contributed by atoms with van der Waals surface area (Å²) >= 11 is 0. The summed E-state index contributed by atoms with van der Waals surface area (Å²) in [6.45, 7) is 0.370. The lowest BCUT2D eigenvalue weighted by Gasteiger charge is -2.30. The molecule has 6 nitrogen and oxygen atoms in total. The van der Waals surface area contributed by atoms with E-state index in [2.05, 4.69) is 5.32 Å². The molecule has 1 fully saturated rings. The molecule has 1 aliphatic rings. The molecule has 1 aromatic heterocycles. The zero-order chi connectivity index (χ0) is 20.6. The van der Waals surface area contributed by atoms with Gasteiger partial charge in [-0.2, -0.15) is 4.31 Å². The number of fused-ring (bicyclic) bond motifs is 1. The van der Waals surface area contributed by atoms with Gasteiger partial charge in [0, 0.05) is 43.2 Å². The van der Waals surface area contributed by atoms with Crippen LogP contribution in [0.15, 0.2) is 59.6 Å². The first-order valence-electron chi connectivity index (χ1n) is 9.47. The lowest BCUT2D eigenvalue weighted by atomic mass is 9.97. The van der Waals surface area contributed by atoms with Crippen molar-refractivity contribution in [3.63, 3.8) is 0 Å². The molecule has 4 rings (SSSR count). The number of carbonyl (C=O) groups is 1. The minimum absolute atomic E-state index is 0.121. The van der Waals surface area contributed by atoms with Gasteiger partial charge in [-0.3, -0.25) is 4.79 Å². The molecule has 8 heteroatoms. The molecule has 0 unspecified atom stereocenters. The van der Waals surface area contributed by atoms with E-state index < -0.39 is 15.8 Å². The number of nitrogens with zero attached hydrogens (tertiary/aromatic N) is 2. The van der Waals surface area contributed by atoms with Gasteiger partial charge in [0.1, 0.15) is 10.7 Å². The number of sulfonamides is 1. The van der Waals surface area contributed by atoms with Gasteiger partial charge in [-0.15, -0.1) is 0 Å². The van der Waals surface area contributed by atoms with Crippen LogP contribution in [0.5, 0.6) is 0 Å². The SMILES string of the molecule is Cn1ccc2c(NC(=O)C3CCN(S(=O)(=O)c4ccccc4F)CC3)cccc21. The van der Waals surface area contributed by atoms with Gasteiger partial charge in [-0.25, -0.2) is 12.8 Å². The van der Waals surface area contributed by atoms with Gasteiger partial charge in [0.05, 0.1) is 5.69 Å². The smallest absolute Gasteiger partial charge is 0.245 e. The summed E-state index contributed by atoms with van der Waals surface area (Å²) in [6.07, 6.45) is 2.72. The number of aromatic nitrogens is 1. The maximum atomic E-state index is 13.9. The Labute approximate surface area is 169 Å². The molecule has 1 N–H and O–H groups in total. The molecule has 1 saturated heterocycles. The Hall–Kier alpha value is -2.71. The second-order valence-corrected chi connectivity index (χ2v) is 9.17. The fraction of sp³-hybridized carbons (Fsp3) is 0.286. The van der Waals surface area contributed by atoms with E-state index in [1.54, 1.807) is 0 Å². The van der Waals surface area contributed by atoms with Gasteiger partial charge in [0.2, 0.25) is 15.9 Å². The molecule has 1 amide bonds. The molecule has 3 aromatic rings. The maximum Gasteiger partial charge on any atom is 0.245 e. The minimum Gasteiger partial charge on any atom is -0.350 e. The Kier molecular flexibility index (Phi) is 5.14. The highest BCUT2D eigenvalue weighted by molar-refractivity contribution is 7.89. The number of rotatable bonds is 4. The molecule has 152 valence electrons. The minimum atomic E-state index is -3.90. The zero-order valence-electron chi connectivity index (χ0n) is 16.0. The first-order valence-corrected chi connectivity index (χ1v) is 10.9. The fourth-order valence-electron chi connectivity index (χ4n) is 3.80. The molecule has 0 saturated carbocycles. The largest absolute Gasteiger partial charge is 0.350 e. The summed E-state index contributed by atoms with van der Waals surface area (Å²) in [5, 5.41) is 3.94. The van der Waals surface area contributed by atoms with Crippen molar-refractivity contribution in [2.24, 2.45) is 13.0 Å². The number of aryl methyl sites for hydroxylation is 1. The second kappa shape index (κ2) is 7.61. The Morgan fingerprint density at radius 1 is 1.07 bits per heavy atom. The van der Waals surface area contributed by atoms with Crippen molar-refractivity contribution in [1.82, 2.24) is 8.87 Å². The Morgan fingerprint density at radius 3 is 2.52 bits per heavy atom. The number of piperidine rings is 1. The van der Waals surface area contributed by atoms with E-state index in [0.29, 0.717) is 12.8 Å². The summed E-state index contributed by atoms with van der Waals surface area (Å²) in [4.78, 5) is 12.4. The molecule has 0 spiro atoms. The molecule has 2 aromatic carbocycles. The second-order valence-electron chi connectivity index (χ2n) is 7.26. The third-order valence-electron chi connectivity index (χ3n) is 5.46. The predicted octanol–water partition coefficient (Wildman–Crippen LogP) is 3.36. The number of halogens is 1. The van der Waals surface area contributed by atoms with Gasteiger partial charge >= 0.3 is 0 Å². The molecule has 1 aliphatic heterocycles. The molecule has 0 bridgehead atoms. The number of nitrogens with one attached hydrogen (secondary N) is 1. The molecule has 29 heavy (non-hydrogen) atoms. The van der Waals surface area contributed by atoms with Crippen molar-refractivity contribution in [3.05, 3.63) is 60.5 Å². The van der Waals surface area contributed by atoms with Crippen molar-refractivity contribution in [3.8, 4) is 0 Å². The lowest BCUT2D eigenvalue weighted by molar-refractivity contribution is -0.120. The summed E-state index contributed by atoms with van der Waals surface area (Å²) in [7, 11) is -1.96. The van der Waals surface area contributed by atoms with Crippen LogP contribution < -0.4 is 5.32 Å². The van der Waals surface area contributed by atoms with Gasteiger partial charge in [-0.1, -0.05) is 18.2 Å². The molecular weight excluding hydrogens is 393 g/mol. The number of benzene rings is 2. The average molecular weight is 415 g/mol. The van der Waals surface area contributed by atoms with E-state index in [1.807, 2.05) is 42.1 Å². The van der Waals surface area contributed by atoms with E-state index in [1.165, 1.54) is 22.5 Å². The quantitative estimate of drug-likeness (QED) is 0.710. The highest BCUT2D eigenvalue weighted by Gasteiger charge is 2.33. The Balaban J connectivity index is 1.44. The predicted molar refractivity (Wildman–Crippen MR) is 109 cm³/mol. The van der Waals surface area contributed by atoms with Crippen molar-refractivity contribution < 1.29 is 17.6 Å². The summed E-state index contributed by atoms with van der Waals surface area (Å²) in [5.74, 6) is -1.17. The van der Waals surface area contributed by atoms with E-state index in [4.69, 9.17) is 0 Å². The highest BCUT2D eigenvalue weighted by Crippen LogP contribution is 2.28. The third kappa shape index (κ3) is 3.65. The third-order valence-corrected chi connectivity index (χ3v) is 7.40. The number of amides is 1. The van der Waals surface area contributed by atoms with E-state index in [9.17, 15) is 17.6 Å². The number of hydrogen-bond donors (Lipinski definition) is 1. The zero-order valence-corrected chi connectivity index (χ0v) is 16.8. The maximum absolute atomic E-state index is 13.9. The molecular formula is C21H22FN3O3S. The highest BCUT2D eigenvalue weighted by atomic mass is 32.2.